The highest BCUT2D eigenvalue weighted by Gasteiger charge is 2.30. The minimum Gasteiger partial charge on any atom is -0.478 e. The number of rotatable bonds is 8. The van der Waals surface area contributed by atoms with Crippen LogP contribution in [0.5, 0.6) is 0 Å². The molecule has 9 nitrogen and oxygen atoms in total. The van der Waals surface area contributed by atoms with Crippen molar-refractivity contribution in [3.63, 3.8) is 0 Å². The van der Waals surface area contributed by atoms with Gasteiger partial charge in [0, 0.05) is 23.4 Å². The minimum atomic E-state index is -1.21. The molecule has 206 valence electrons. The van der Waals surface area contributed by atoms with E-state index in [9.17, 15) is 14.4 Å². The van der Waals surface area contributed by atoms with Crippen molar-refractivity contribution in [1.29, 1.82) is 0 Å². The lowest BCUT2D eigenvalue weighted by molar-refractivity contribution is -0.131. The van der Waals surface area contributed by atoms with E-state index in [2.05, 4.69) is 15.2 Å². The molecule has 0 radical (unpaired) electrons. The third-order valence-electron chi connectivity index (χ3n) is 7.25. The van der Waals surface area contributed by atoms with Crippen LogP contribution in [0.15, 0.2) is 71.6 Å². The zero-order chi connectivity index (χ0) is 28.3. The van der Waals surface area contributed by atoms with E-state index in [4.69, 9.17) is 14.5 Å². The van der Waals surface area contributed by atoms with Crippen LogP contribution in [0, 0.1) is 0 Å². The fourth-order valence-electron chi connectivity index (χ4n) is 5.09. The van der Waals surface area contributed by atoms with Gasteiger partial charge in [0.2, 0.25) is 5.91 Å². The molecule has 1 aliphatic carbocycles. The molecule has 2 heterocycles. The van der Waals surface area contributed by atoms with Crippen LogP contribution in [0.1, 0.15) is 67.9 Å². The monoisotopic (exact) mass is 540 g/mol. The molecule has 2 aromatic heterocycles. The number of carboxylic acids is 1. The van der Waals surface area contributed by atoms with Crippen molar-refractivity contribution in [1.82, 2.24) is 14.9 Å². The van der Waals surface area contributed by atoms with Gasteiger partial charge in [0.1, 0.15) is 17.6 Å². The van der Waals surface area contributed by atoms with Crippen LogP contribution in [0.4, 0.5) is 5.69 Å². The van der Waals surface area contributed by atoms with E-state index in [0.29, 0.717) is 28.4 Å². The number of aromatic nitrogens is 2. The summed E-state index contributed by atoms with van der Waals surface area (Å²) >= 11 is 0. The Balaban J connectivity index is 1.33. The molecular formula is C31H32N4O5. The summed E-state index contributed by atoms with van der Waals surface area (Å²) < 4.78 is 7.61. The first-order valence-corrected chi connectivity index (χ1v) is 13.4. The van der Waals surface area contributed by atoms with Gasteiger partial charge in [0.05, 0.1) is 22.9 Å². The maximum Gasteiger partial charge on any atom is 0.328 e. The van der Waals surface area contributed by atoms with Gasteiger partial charge in [-0.2, -0.15) is 0 Å². The molecular weight excluding hydrogens is 508 g/mol. The number of nitrogens with one attached hydrogen (secondary N) is 2. The largest absolute Gasteiger partial charge is 0.478 e. The SMILES string of the molecule is CC(C)(NC(=O)c1ccc2c(c1)nc(-c1ccoc1)n2C1CCCCC1)C(=O)Nc1ccc(/C=C/C(=O)O)cc1. The molecule has 2 amide bonds. The van der Waals surface area contributed by atoms with Crippen molar-refractivity contribution in [3.05, 3.63) is 78.3 Å². The van der Waals surface area contributed by atoms with Crippen molar-refractivity contribution in [2.45, 2.75) is 57.5 Å². The van der Waals surface area contributed by atoms with Crippen LogP contribution in [-0.2, 0) is 9.59 Å². The van der Waals surface area contributed by atoms with Crippen LogP contribution in [0.25, 0.3) is 28.5 Å². The fourth-order valence-corrected chi connectivity index (χ4v) is 5.09. The molecule has 0 unspecified atom stereocenters. The van der Waals surface area contributed by atoms with Gasteiger partial charge in [0.25, 0.3) is 5.91 Å². The van der Waals surface area contributed by atoms with Crippen molar-refractivity contribution < 1.29 is 23.9 Å². The summed E-state index contributed by atoms with van der Waals surface area (Å²) in [5.41, 5.74) is 3.00. The number of amides is 2. The number of benzene rings is 2. The molecule has 1 saturated carbocycles. The number of hydrogen-bond donors (Lipinski definition) is 3. The fraction of sp³-hybridized carbons (Fsp3) is 0.290. The number of carbonyl (C=O) groups is 3. The van der Waals surface area contributed by atoms with Gasteiger partial charge in [-0.15, -0.1) is 0 Å². The predicted octanol–water partition coefficient (Wildman–Crippen LogP) is 6.05. The molecule has 1 aliphatic rings. The highest BCUT2D eigenvalue weighted by atomic mass is 16.4. The lowest BCUT2D eigenvalue weighted by Gasteiger charge is -2.26. The number of nitrogens with zero attached hydrogens (tertiary/aromatic N) is 2. The summed E-state index contributed by atoms with van der Waals surface area (Å²) in [5, 5.41) is 14.4. The van der Waals surface area contributed by atoms with Crippen molar-refractivity contribution in [2.75, 3.05) is 5.32 Å². The summed E-state index contributed by atoms with van der Waals surface area (Å²) in [7, 11) is 0. The third kappa shape index (κ3) is 5.83. The summed E-state index contributed by atoms with van der Waals surface area (Å²) in [5.74, 6) is -0.977. The Labute approximate surface area is 231 Å². The number of aliphatic carboxylic acids is 1. The average molecular weight is 541 g/mol. The third-order valence-corrected chi connectivity index (χ3v) is 7.25. The Morgan fingerprint density at radius 1 is 1.05 bits per heavy atom. The van der Waals surface area contributed by atoms with Gasteiger partial charge in [-0.3, -0.25) is 9.59 Å². The molecule has 0 spiro atoms. The Hall–Kier alpha value is -4.66. The molecule has 4 aromatic rings. The zero-order valence-corrected chi connectivity index (χ0v) is 22.5. The summed E-state index contributed by atoms with van der Waals surface area (Å²) in [4.78, 5) is 41.9. The first-order valence-electron chi connectivity index (χ1n) is 13.4. The topological polar surface area (TPSA) is 126 Å². The lowest BCUT2D eigenvalue weighted by atomic mass is 9.95. The maximum atomic E-state index is 13.3. The Kier molecular flexibility index (Phi) is 7.55. The van der Waals surface area contributed by atoms with E-state index in [1.54, 1.807) is 62.8 Å². The van der Waals surface area contributed by atoms with Crippen molar-refractivity contribution in [2.24, 2.45) is 0 Å². The van der Waals surface area contributed by atoms with Crippen LogP contribution in [0.2, 0.25) is 0 Å². The lowest BCUT2D eigenvalue weighted by Crippen LogP contribution is -2.52. The van der Waals surface area contributed by atoms with Crippen LogP contribution < -0.4 is 10.6 Å². The summed E-state index contributed by atoms with van der Waals surface area (Å²) in [6.07, 6.45) is 11.6. The maximum absolute atomic E-state index is 13.3. The van der Waals surface area contributed by atoms with Gasteiger partial charge >= 0.3 is 5.97 Å². The standard InChI is InChI=1S/C31H32N4O5/c1-31(2,30(39)32-23-12-8-20(9-13-23)10-15-27(36)37)34-29(38)21-11-14-26-25(18-21)33-28(22-16-17-40-19-22)35(26)24-6-4-3-5-7-24/h8-19,24H,3-7H2,1-2H3,(H,32,39)(H,34,38)(H,36,37)/b15-10+. The second kappa shape index (κ2) is 11.2. The number of furan rings is 1. The molecule has 2 aromatic carbocycles. The molecule has 1 fully saturated rings. The first-order chi connectivity index (χ1) is 19.2. The van der Waals surface area contributed by atoms with Crippen LogP contribution in [-0.4, -0.2) is 38.0 Å². The Morgan fingerprint density at radius 3 is 2.48 bits per heavy atom. The Bertz CT molecular complexity index is 1560. The molecule has 3 N–H and O–H groups in total. The minimum absolute atomic E-state index is 0.341. The average Bonchev–Trinajstić information content (AvgIpc) is 3.60. The molecule has 0 atom stereocenters. The van der Waals surface area contributed by atoms with E-state index in [0.717, 1.165) is 35.8 Å². The molecule has 5 rings (SSSR count). The van der Waals surface area contributed by atoms with E-state index in [-0.39, 0.29) is 11.8 Å². The van der Waals surface area contributed by atoms with Crippen LogP contribution >= 0.6 is 0 Å². The van der Waals surface area contributed by atoms with Gasteiger partial charge in [-0.1, -0.05) is 31.4 Å². The smallest absolute Gasteiger partial charge is 0.328 e. The van der Waals surface area contributed by atoms with E-state index in [1.807, 2.05) is 12.1 Å². The quantitative estimate of drug-likeness (QED) is 0.234. The predicted molar refractivity (Wildman–Crippen MR) is 153 cm³/mol. The number of anilines is 1. The summed E-state index contributed by atoms with van der Waals surface area (Å²) in [6.45, 7) is 3.27. The first kappa shape index (κ1) is 26.9. The van der Waals surface area contributed by atoms with Crippen LogP contribution in [0.3, 0.4) is 0 Å². The normalized spacial score (nSPS) is 14.4. The van der Waals surface area contributed by atoms with Gasteiger partial charge in [-0.25, -0.2) is 9.78 Å². The highest BCUT2D eigenvalue weighted by molar-refractivity contribution is 6.04. The second-order valence-electron chi connectivity index (χ2n) is 10.6. The van der Waals surface area contributed by atoms with E-state index >= 15 is 0 Å². The number of imidazole rings is 1. The Morgan fingerprint density at radius 2 is 1.80 bits per heavy atom. The molecule has 0 bridgehead atoms. The molecule has 9 heteroatoms. The number of carbonyl (C=O) groups excluding carboxylic acids is 2. The summed E-state index contributed by atoms with van der Waals surface area (Å²) in [6, 6.07) is 14.4. The zero-order valence-electron chi connectivity index (χ0n) is 22.5. The van der Waals surface area contributed by atoms with E-state index in [1.165, 1.54) is 25.3 Å². The molecule has 40 heavy (non-hydrogen) atoms. The highest BCUT2D eigenvalue weighted by Crippen LogP contribution is 2.36. The molecule has 0 aliphatic heterocycles. The number of fused-ring (bicyclic) bond motifs is 1. The van der Waals surface area contributed by atoms with Gasteiger partial charge < -0.3 is 24.7 Å². The van der Waals surface area contributed by atoms with E-state index < -0.39 is 11.5 Å². The number of carboxylic acid groups (broad SMARTS) is 1. The van der Waals surface area contributed by atoms with Gasteiger partial charge in [-0.05, 0) is 74.7 Å². The van der Waals surface area contributed by atoms with Crippen molar-refractivity contribution >= 4 is 40.6 Å². The second-order valence-corrected chi connectivity index (χ2v) is 10.6. The van der Waals surface area contributed by atoms with Gasteiger partial charge in [0.15, 0.2) is 0 Å². The number of hydrogen-bond acceptors (Lipinski definition) is 5. The molecule has 0 saturated heterocycles. The van der Waals surface area contributed by atoms with Crippen molar-refractivity contribution in [3.8, 4) is 11.4 Å².